The minimum absolute atomic E-state index is 0.213. The Balaban J connectivity index is 2.01. The molecule has 2 rings (SSSR count). The molecule has 0 amide bonds. The van der Waals surface area contributed by atoms with Gasteiger partial charge in [-0.1, -0.05) is 13.8 Å². The van der Waals surface area contributed by atoms with E-state index in [1.807, 2.05) is 13.8 Å². The molecule has 0 aromatic heterocycles. The van der Waals surface area contributed by atoms with Crippen molar-refractivity contribution >= 4 is 5.97 Å². The highest BCUT2D eigenvalue weighted by molar-refractivity contribution is 5.79. The van der Waals surface area contributed by atoms with Crippen molar-refractivity contribution in [3.8, 4) is 0 Å². The summed E-state index contributed by atoms with van der Waals surface area (Å²) in [5.74, 6) is 0.0454. The number of hydrogen-bond acceptors (Lipinski definition) is 3. The third-order valence-electron chi connectivity index (χ3n) is 4.91. The van der Waals surface area contributed by atoms with Gasteiger partial charge in [-0.05, 0) is 64.8 Å². The fraction of sp³-hybridized carbons (Fsp3) is 0.941. The summed E-state index contributed by atoms with van der Waals surface area (Å²) < 4.78 is 0. The molecule has 122 valence electrons. The summed E-state index contributed by atoms with van der Waals surface area (Å²) in [6, 6.07) is 1.38. The minimum Gasteiger partial charge on any atom is -0.480 e. The normalized spacial score (nSPS) is 29.8. The summed E-state index contributed by atoms with van der Waals surface area (Å²) in [5, 5.41) is 13.0. The van der Waals surface area contributed by atoms with Crippen LogP contribution in [0.25, 0.3) is 0 Å². The molecule has 4 heteroatoms. The van der Waals surface area contributed by atoms with E-state index >= 15 is 0 Å². The Labute approximate surface area is 129 Å². The summed E-state index contributed by atoms with van der Waals surface area (Å²) >= 11 is 0. The zero-order chi connectivity index (χ0) is 15.6. The van der Waals surface area contributed by atoms with Crippen molar-refractivity contribution in [1.82, 2.24) is 10.2 Å². The van der Waals surface area contributed by atoms with Crippen LogP contribution in [0.1, 0.15) is 66.2 Å². The molecule has 0 heterocycles. The Morgan fingerprint density at radius 2 is 1.90 bits per heavy atom. The first kappa shape index (κ1) is 16.8. The van der Waals surface area contributed by atoms with Crippen LogP contribution >= 0.6 is 0 Å². The monoisotopic (exact) mass is 296 g/mol. The number of carbonyl (C=O) groups is 1. The molecule has 2 aliphatic carbocycles. The summed E-state index contributed by atoms with van der Waals surface area (Å²) in [6.45, 7) is 9.73. The van der Waals surface area contributed by atoms with E-state index in [4.69, 9.17) is 0 Å². The van der Waals surface area contributed by atoms with E-state index < -0.39 is 11.5 Å². The molecule has 0 bridgehead atoms. The number of carboxylic acids is 1. The zero-order valence-corrected chi connectivity index (χ0v) is 14.1. The second kappa shape index (κ2) is 6.66. The summed E-state index contributed by atoms with van der Waals surface area (Å²) in [6.07, 6.45) is 6.34. The Hall–Kier alpha value is -0.610. The molecule has 21 heavy (non-hydrogen) atoms. The van der Waals surface area contributed by atoms with Gasteiger partial charge in [-0.25, -0.2) is 0 Å². The third kappa shape index (κ3) is 4.19. The van der Waals surface area contributed by atoms with Gasteiger partial charge in [-0.2, -0.15) is 0 Å². The van der Waals surface area contributed by atoms with Crippen molar-refractivity contribution in [2.75, 3.05) is 6.54 Å². The SMILES string of the molecule is CC(C)CCN(C1CC1)C1CCC(NC(C)C)(C(=O)O)C1. The van der Waals surface area contributed by atoms with Gasteiger partial charge < -0.3 is 5.11 Å². The van der Waals surface area contributed by atoms with Gasteiger partial charge in [-0.15, -0.1) is 0 Å². The van der Waals surface area contributed by atoms with Crippen LogP contribution in [0, 0.1) is 5.92 Å². The van der Waals surface area contributed by atoms with Crippen LogP contribution in [0.4, 0.5) is 0 Å². The van der Waals surface area contributed by atoms with E-state index in [1.54, 1.807) is 0 Å². The Morgan fingerprint density at radius 3 is 2.38 bits per heavy atom. The average molecular weight is 296 g/mol. The average Bonchev–Trinajstić information content (AvgIpc) is 3.10. The molecule has 2 atom stereocenters. The molecule has 0 spiro atoms. The standard InChI is InChI=1S/C17H32N2O2/c1-12(2)8-10-19(14-5-6-14)15-7-9-17(11-15,16(20)21)18-13(3)4/h12-15,18H,5-11H2,1-4H3,(H,20,21). The highest BCUT2D eigenvalue weighted by Gasteiger charge is 2.49. The van der Waals surface area contributed by atoms with Crippen LogP contribution in [-0.2, 0) is 4.79 Å². The summed E-state index contributed by atoms with van der Waals surface area (Å²) in [4.78, 5) is 14.4. The fourth-order valence-corrected chi connectivity index (χ4v) is 3.72. The molecule has 2 fully saturated rings. The van der Waals surface area contributed by atoms with Crippen molar-refractivity contribution in [2.45, 2.75) is 89.9 Å². The number of hydrogen-bond donors (Lipinski definition) is 2. The van der Waals surface area contributed by atoms with Crippen LogP contribution in [0.3, 0.4) is 0 Å². The first-order valence-corrected chi connectivity index (χ1v) is 8.61. The molecule has 2 saturated carbocycles. The maximum absolute atomic E-state index is 11.8. The minimum atomic E-state index is -0.705. The predicted molar refractivity (Wildman–Crippen MR) is 85.5 cm³/mol. The molecule has 2 aliphatic rings. The van der Waals surface area contributed by atoms with Crippen molar-refractivity contribution < 1.29 is 9.90 Å². The van der Waals surface area contributed by atoms with E-state index in [1.165, 1.54) is 19.3 Å². The molecule has 0 radical (unpaired) electrons. The lowest BCUT2D eigenvalue weighted by Gasteiger charge is -2.32. The smallest absolute Gasteiger partial charge is 0.323 e. The van der Waals surface area contributed by atoms with Crippen LogP contribution in [0.5, 0.6) is 0 Å². The van der Waals surface area contributed by atoms with Gasteiger partial charge >= 0.3 is 5.97 Å². The van der Waals surface area contributed by atoms with Gasteiger partial charge in [0.15, 0.2) is 0 Å². The topological polar surface area (TPSA) is 52.6 Å². The largest absolute Gasteiger partial charge is 0.480 e. The predicted octanol–water partition coefficient (Wildman–Crippen LogP) is 2.87. The van der Waals surface area contributed by atoms with E-state index in [2.05, 4.69) is 24.1 Å². The molecular weight excluding hydrogens is 264 g/mol. The van der Waals surface area contributed by atoms with Crippen molar-refractivity contribution in [1.29, 1.82) is 0 Å². The molecule has 4 nitrogen and oxygen atoms in total. The molecule has 2 unspecified atom stereocenters. The second-order valence-electron chi connectivity index (χ2n) is 7.73. The lowest BCUT2D eigenvalue weighted by Crippen LogP contribution is -2.54. The first-order chi connectivity index (χ1) is 9.84. The highest BCUT2D eigenvalue weighted by atomic mass is 16.4. The van der Waals surface area contributed by atoms with Crippen molar-refractivity contribution in [3.05, 3.63) is 0 Å². The van der Waals surface area contributed by atoms with E-state index in [0.717, 1.165) is 31.8 Å². The number of aliphatic carboxylic acids is 1. The molecule has 0 aromatic rings. The molecule has 0 aromatic carbocycles. The molecular formula is C17H32N2O2. The first-order valence-electron chi connectivity index (χ1n) is 8.61. The van der Waals surface area contributed by atoms with Gasteiger partial charge in [0.1, 0.15) is 5.54 Å². The van der Waals surface area contributed by atoms with E-state index in [-0.39, 0.29) is 6.04 Å². The van der Waals surface area contributed by atoms with Gasteiger partial charge in [0.05, 0.1) is 0 Å². The summed E-state index contributed by atoms with van der Waals surface area (Å²) in [5.41, 5.74) is -0.705. The number of nitrogens with zero attached hydrogens (tertiary/aromatic N) is 1. The van der Waals surface area contributed by atoms with Crippen molar-refractivity contribution in [3.63, 3.8) is 0 Å². The van der Waals surface area contributed by atoms with Crippen LogP contribution in [-0.4, -0.2) is 46.2 Å². The van der Waals surface area contributed by atoms with Gasteiger partial charge in [0.2, 0.25) is 0 Å². The van der Waals surface area contributed by atoms with Crippen LogP contribution < -0.4 is 5.32 Å². The van der Waals surface area contributed by atoms with E-state index in [9.17, 15) is 9.90 Å². The molecule has 0 saturated heterocycles. The Morgan fingerprint density at radius 1 is 1.24 bits per heavy atom. The maximum atomic E-state index is 11.8. The lowest BCUT2D eigenvalue weighted by atomic mass is 9.96. The zero-order valence-electron chi connectivity index (χ0n) is 14.1. The third-order valence-corrected chi connectivity index (χ3v) is 4.91. The van der Waals surface area contributed by atoms with Gasteiger partial charge in [0.25, 0.3) is 0 Å². The molecule has 2 N–H and O–H groups in total. The quantitative estimate of drug-likeness (QED) is 0.723. The fourth-order valence-electron chi connectivity index (χ4n) is 3.72. The van der Waals surface area contributed by atoms with Gasteiger partial charge in [0, 0.05) is 18.1 Å². The number of nitrogens with one attached hydrogen (secondary N) is 1. The maximum Gasteiger partial charge on any atom is 0.323 e. The van der Waals surface area contributed by atoms with E-state index in [0.29, 0.717) is 12.0 Å². The number of rotatable bonds is 8. The summed E-state index contributed by atoms with van der Waals surface area (Å²) in [7, 11) is 0. The second-order valence-corrected chi connectivity index (χ2v) is 7.73. The molecule has 0 aliphatic heterocycles. The highest BCUT2D eigenvalue weighted by Crippen LogP contribution is 2.39. The van der Waals surface area contributed by atoms with Crippen LogP contribution in [0.15, 0.2) is 0 Å². The Bertz CT molecular complexity index is 366. The lowest BCUT2D eigenvalue weighted by molar-refractivity contribution is -0.145. The van der Waals surface area contributed by atoms with Crippen molar-refractivity contribution in [2.24, 2.45) is 5.92 Å². The van der Waals surface area contributed by atoms with Gasteiger partial charge in [-0.3, -0.25) is 15.0 Å². The van der Waals surface area contributed by atoms with Crippen LogP contribution in [0.2, 0.25) is 0 Å². The number of carboxylic acid groups (broad SMARTS) is 1. The Kier molecular flexibility index (Phi) is 5.31.